The Kier molecular flexibility index (Phi) is 3.50. The van der Waals surface area contributed by atoms with Crippen molar-refractivity contribution in [3.05, 3.63) is 34.5 Å². The van der Waals surface area contributed by atoms with Crippen molar-refractivity contribution >= 4 is 22.2 Å². The normalized spacial score (nSPS) is 11.1. The molecule has 122 valence electrons. The number of hydrogen-bond donors (Lipinski definition) is 1. The van der Waals surface area contributed by atoms with Gasteiger partial charge in [-0.3, -0.25) is 0 Å². The number of benzene rings is 1. The molecule has 0 bridgehead atoms. The first-order valence-electron chi connectivity index (χ1n) is 7.31. The molecule has 6 nitrogen and oxygen atoms in total. The molecule has 0 aliphatic carbocycles. The highest BCUT2D eigenvalue weighted by atomic mass is 32.1. The van der Waals surface area contributed by atoms with E-state index in [4.69, 9.17) is 14.0 Å². The van der Waals surface area contributed by atoms with Crippen LogP contribution in [-0.4, -0.2) is 29.3 Å². The Morgan fingerprint density at radius 2 is 1.88 bits per heavy atom. The molecule has 0 saturated heterocycles. The van der Waals surface area contributed by atoms with Crippen LogP contribution in [0, 0.1) is 6.92 Å². The van der Waals surface area contributed by atoms with Crippen LogP contribution in [0.2, 0.25) is 0 Å². The molecule has 0 radical (unpaired) electrons. The Labute approximate surface area is 142 Å². The van der Waals surface area contributed by atoms with Crippen LogP contribution in [0.5, 0.6) is 11.5 Å². The molecule has 24 heavy (non-hydrogen) atoms. The maximum Gasteiger partial charge on any atom is 0.274 e. The molecule has 4 aromatic rings. The molecule has 4 rings (SSSR count). The Morgan fingerprint density at radius 3 is 2.58 bits per heavy atom. The molecule has 1 aromatic carbocycles. The van der Waals surface area contributed by atoms with Gasteiger partial charge in [-0.1, -0.05) is 5.16 Å². The van der Waals surface area contributed by atoms with Crippen LogP contribution < -0.4 is 9.47 Å². The molecular weight excluding hydrogens is 326 g/mol. The van der Waals surface area contributed by atoms with Crippen molar-refractivity contribution in [2.24, 2.45) is 0 Å². The first-order valence-corrected chi connectivity index (χ1v) is 8.26. The summed E-state index contributed by atoms with van der Waals surface area (Å²) in [6.07, 6.45) is 0. The van der Waals surface area contributed by atoms with Gasteiger partial charge in [0.1, 0.15) is 5.69 Å². The van der Waals surface area contributed by atoms with E-state index in [1.807, 2.05) is 30.5 Å². The maximum atomic E-state index is 5.42. The molecule has 3 heterocycles. The van der Waals surface area contributed by atoms with Crippen LogP contribution in [0.3, 0.4) is 0 Å². The van der Waals surface area contributed by atoms with E-state index in [9.17, 15) is 0 Å². The van der Waals surface area contributed by atoms with E-state index in [-0.39, 0.29) is 0 Å². The fourth-order valence-electron chi connectivity index (χ4n) is 2.61. The van der Waals surface area contributed by atoms with Crippen molar-refractivity contribution in [3.63, 3.8) is 0 Å². The largest absolute Gasteiger partial charge is 0.493 e. The Balaban J connectivity index is 1.77. The van der Waals surface area contributed by atoms with Gasteiger partial charge in [0.25, 0.3) is 5.89 Å². The summed E-state index contributed by atoms with van der Waals surface area (Å²) >= 11 is 1.62. The highest BCUT2D eigenvalue weighted by Gasteiger charge is 2.16. The van der Waals surface area contributed by atoms with Crippen LogP contribution >= 0.6 is 11.3 Å². The summed E-state index contributed by atoms with van der Waals surface area (Å²) in [7, 11) is 3.23. The molecule has 7 heteroatoms. The van der Waals surface area contributed by atoms with Gasteiger partial charge in [0, 0.05) is 27.9 Å². The molecular formula is C17H15N3O3S. The molecule has 0 aliphatic rings. The minimum Gasteiger partial charge on any atom is -0.493 e. The average molecular weight is 341 g/mol. The fraction of sp³-hybridized carbons (Fsp3) is 0.176. The zero-order valence-corrected chi connectivity index (χ0v) is 14.2. The van der Waals surface area contributed by atoms with Gasteiger partial charge < -0.3 is 19.0 Å². The zero-order valence-electron chi connectivity index (χ0n) is 13.4. The Bertz CT molecular complexity index is 974. The van der Waals surface area contributed by atoms with Crippen molar-refractivity contribution in [2.45, 2.75) is 6.92 Å². The predicted molar refractivity (Wildman–Crippen MR) is 92.7 cm³/mol. The van der Waals surface area contributed by atoms with Crippen molar-refractivity contribution < 1.29 is 14.0 Å². The number of ether oxygens (including phenoxy) is 2. The molecule has 0 fully saturated rings. The van der Waals surface area contributed by atoms with Crippen molar-refractivity contribution in [3.8, 4) is 34.5 Å². The number of aromatic amines is 1. The molecule has 0 unspecified atom stereocenters. The lowest BCUT2D eigenvalue weighted by Gasteiger charge is -2.06. The second-order valence-corrected chi connectivity index (χ2v) is 6.11. The van der Waals surface area contributed by atoms with Gasteiger partial charge in [0.05, 0.1) is 14.2 Å². The van der Waals surface area contributed by atoms with E-state index >= 15 is 0 Å². The van der Waals surface area contributed by atoms with Gasteiger partial charge in [-0.25, -0.2) is 0 Å². The lowest BCUT2D eigenvalue weighted by Crippen LogP contribution is -1.89. The average Bonchev–Trinajstić information content (AvgIpc) is 3.31. The van der Waals surface area contributed by atoms with Crippen LogP contribution in [0.4, 0.5) is 0 Å². The number of H-pyrrole nitrogens is 1. The first-order chi connectivity index (χ1) is 11.7. The summed E-state index contributed by atoms with van der Waals surface area (Å²) in [6.45, 7) is 2.03. The van der Waals surface area contributed by atoms with Crippen molar-refractivity contribution in [2.75, 3.05) is 14.2 Å². The summed E-state index contributed by atoms with van der Waals surface area (Å²) in [5.74, 6) is 2.39. The minimum absolute atomic E-state index is 0.449. The summed E-state index contributed by atoms with van der Waals surface area (Å²) in [5.41, 5.74) is 3.80. The minimum atomic E-state index is 0.449. The number of nitrogens with one attached hydrogen (secondary N) is 1. The van der Waals surface area contributed by atoms with E-state index in [2.05, 4.69) is 20.5 Å². The van der Waals surface area contributed by atoms with Crippen molar-refractivity contribution in [1.82, 2.24) is 15.1 Å². The smallest absolute Gasteiger partial charge is 0.274 e. The third-order valence-corrected chi connectivity index (χ3v) is 4.74. The van der Waals surface area contributed by atoms with Crippen LogP contribution in [-0.2, 0) is 0 Å². The third kappa shape index (κ3) is 2.33. The highest BCUT2D eigenvalue weighted by molar-refractivity contribution is 7.08. The van der Waals surface area contributed by atoms with Gasteiger partial charge in [-0.15, -0.1) is 0 Å². The molecule has 0 saturated carbocycles. The number of aromatic nitrogens is 3. The molecule has 0 amide bonds. The lowest BCUT2D eigenvalue weighted by molar-refractivity contribution is 0.356. The van der Waals surface area contributed by atoms with E-state index in [0.717, 1.165) is 27.7 Å². The number of aryl methyl sites for hydroxylation is 1. The monoisotopic (exact) mass is 341 g/mol. The summed E-state index contributed by atoms with van der Waals surface area (Å²) in [5, 5.41) is 9.15. The van der Waals surface area contributed by atoms with Crippen LogP contribution in [0.15, 0.2) is 33.5 Å². The van der Waals surface area contributed by atoms with E-state index in [0.29, 0.717) is 23.2 Å². The summed E-state index contributed by atoms with van der Waals surface area (Å²) in [6, 6.07) is 5.75. The Morgan fingerprint density at radius 1 is 1.08 bits per heavy atom. The van der Waals surface area contributed by atoms with E-state index in [1.54, 1.807) is 25.6 Å². The second-order valence-electron chi connectivity index (χ2n) is 5.37. The van der Waals surface area contributed by atoms with Crippen molar-refractivity contribution in [1.29, 1.82) is 0 Å². The second kappa shape index (κ2) is 5.68. The van der Waals surface area contributed by atoms with E-state index < -0.39 is 0 Å². The highest BCUT2D eigenvalue weighted by Crippen LogP contribution is 2.34. The first kappa shape index (κ1) is 14.8. The lowest BCUT2D eigenvalue weighted by atomic mass is 10.2. The van der Waals surface area contributed by atoms with Crippen LogP contribution in [0.1, 0.15) is 5.56 Å². The molecule has 0 aliphatic heterocycles. The number of nitrogens with zero attached hydrogens (tertiary/aromatic N) is 2. The van der Waals surface area contributed by atoms with Gasteiger partial charge in [0.2, 0.25) is 5.82 Å². The predicted octanol–water partition coefficient (Wildman–Crippen LogP) is 4.27. The maximum absolute atomic E-state index is 5.42. The standard InChI is InChI=1S/C17H15N3O3S/c1-9-7-24-8-11(9)16-19-17(23-20-16)13-4-10-5-14(21-2)15(22-3)6-12(10)18-13/h4-8,18H,1-3H3. The zero-order chi connectivity index (χ0) is 16.7. The quantitative estimate of drug-likeness (QED) is 0.600. The molecule has 1 N–H and O–H groups in total. The molecule has 3 aromatic heterocycles. The van der Waals surface area contributed by atoms with E-state index in [1.165, 1.54) is 0 Å². The fourth-order valence-corrected chi connectivity index (χ4v) is 3.43. The number of methoxy groups -OCH3 is 2. The van der Waals surface area contributed by atoms with Gasteiger partial charge >= 0.3 is 0 Å². The van der Waals surface area contributed by atoms with Gasteiger partial charge in [0.15, 0.2) is 11.5 Å². The Hall–Kier alpha value is -2.80. The third-order valence-electron chi connectivity index (χ3n) is 3.88. The number of rotatable bonds is 4. The number of fused-ring (bicyclic) bond motifs is 1. The molecule has 0 spiro atoms. The molecule has 0 atom stereocenters. The summed E-state index contributed by atoms with van der Waals surface area (Å²) in [4.78, 5) is 7.78. The summed E-state index contributed by atoms with van der Waals surface area (Å²) < 4.78 is 16.1. The van der Waals surface area contributed by atoms with Gasteiger partial charge in [-0.2, -0.15) is 16.3 Å². The van der Waals surface area contributed by atoms with Crippen LogP contribution in [0.25, 0.3) is 33.9 Å². The SMILES string of the molecule is COc1cc2cc(-c3nc(-c4cscc4C)no3)[nH]c2cc1OC. The topological polar surface area (TPSA) is 73.2 Å². The van der Waals surface area contributed by atoms with Gasteiger partial charge in [-0.05, 0) is 30.0 Å². The number of hydrogen-bond acceptors (Lipinski definition) is 6. The number of thiophene rings is 1.